The summed E-state index contributed by atoms with van der Waals surface area (Å²) in [5, 5.41) is 14.1. The number of alkyl halides is 3. The number of nitrogens with zero attached hydrogens (tertiary/aromatic N) is 3. The Hall–Kier alpha value is -2.68. The average Bonchev–Trinajstić information content (AvgIpc) is 3.38. The van der Waals surface area contributed by atoms with Crippen LogP contribution in [0.15, 0.2) is 29.1 Å². The fourth-order valence-electron chi connectivity index (χ4n) is 3.69. The fraction of sp³-hybridized carbons (Fsp3) is 0.421. The summed E-state index contributed by atoms with van der Waals surface area (Å²) in [5.41, 5.74) is -0.570. The summed E-state index contributed by atoms with van der Waals surface area (Å²) in [6, 6.07) is 5.94. The number of halogens is 3. The van der Waals surface area contributed by atoms with E-state index in [0.717, 1.165) is 5.56 Å². The molecule has 1 aliphatic carbocycles. The number of hydrogen-bond donors (Lipinski definition) is 2. The smallest absolute Gasteiger partial charge is 0.390 e. The van der Waals surface area contributed by atoms with Crippen LogP contribution in [-0.2, 0) is 12.0 Å². The van der Waals surface area contributed by atoms with Crippen LogP contribution in [0.3, 0.4) is 0 Å². The van der Waals surface area contributed by atoms with Gasteiger partial charge in [-0.2, -0.15) is 18.3 Å². The van der Waals surface area contributed by atoms with Crippen LogP contribution in [0, 0.1) is 6.92 Å². The number of hydrogen-bond acceptors (Lipinski definition) is 4. The van der Waals surface area contributed by atoms with Gasteiger partial charge in [0.1, 0.15) is 16.9 Å². The molecule has 2 N–H and O–H groups in total. The van der Waals surface area contributed by atoms with E-state index in [4.69, 9.17) is 0 Å². The maximum atomic E-state index is 13.3. The molecule has 148 valence electrons. The van der Waals surface area contributed by atoms with Gasteiger partial charge in [-0.05, 0) is 37.8 Å². The topological polar surface area (TPSA) is 83.8 Å². The molecule has 1 atom stereocenters. The zero-order valence-corrected chi connectivity index (χ0v) is 15.3. The molecular weight excluding hydrogens is 373 g/mol. The maximum absolute atomic E-state index is 13.3. The third kappa shape index (κ3) is 2.72. The quantitative estimate of drug-likeness (QED) is 0.715. The van der Waals surface area contributed by atoms with Crippen LogP contribution < -0.4 is 5.56 Å². The van der Waals surface area contributed by atoms with Crippen LogP contribution in [-0.4, -0.2) is 31.0 Å². The van der Waals surface area contributed by atoms with Crippen molar-refractivity contribution < 1.29 is 18.3 Å². The van der Waals surface area contributed by atoms with Crippen molar-refractivity contribution >= 4 is 11.0 Å². The second-order valence-electron chi connectivity index (χ2n) is 7.28. The van der Waals surface area contributed by atoms with Gasteiger partial charge in [-0.1, -0.05) is 24.3 Å². The summed E-state index contributed by atoms with van der Waals surface area (Å²) >= 11 is 0. The third-order valence-electron chi connectivity index (χ3n) is 5.51. The predicted octanol–water partition coefficient (Wildman–Crippen LogP) is 3.12. The first kappa shape index (κ1) is 18.7. The molecule has 0 bridgehead atoms. The fourth-order valence-corrected chi connectivity index (χ4v) is 3.69. The molecule has 0 unspecified atom stereocenters. The van der Waals surface area contributed by atoms with Crippen LogP contribution in [0.2, 0.25) is 0 Å². The number of H-pyrrole nitrogens is 1. The van der Waals surface area contributed by atoms with E-state index >= 15 is 0 Å². The second kappa shape index (κ2) is 6.16. The molecule has 6 nitrogen and oxygen atoms in total. The molecule has 0 spiro atoms. The van der Waals surface area contributed by atoms with Gasteiger partial charge >= 0.3 is 6.18 Å². The minimum Gasteiger partial charge on any atom is -0.390 e. The Morgan fingerprint density at radius 2 is 1.93 bits per heavy atom. The number of fused-ring (bicyclic) bond motifs is 1. The minimum atomic E-state index is -4.25. The van der Waals surface area contributed by atoms with E-state index in [0.29, 0.717) is 11.5 Å². The molecule has 0 aliphatic heterocycles. The normalized spacial score (nSPS) is 17.1. The van der Waals surface area contributed by atoms with E-state index in [2.05, 4.69) is 15.1 Å². The van der Waals surface area contributed by atoms with Gasteiger partial charge < -0.3 is 10.1 Å². The number of aliphatic hydroxyl groups excluding tert-OH is 1. The summed E-state index contributed by atoms with van der Waals surface area (Å²) in [4.78, 5) is 19.2. The van der Waals surface area contributed by atoms with E-state index in [1.807, 2.05) is 6.92 Å². The van der Waals surface area contributed by atoms with E-state index in [1.54, 1.807) is 19.1 Å². The lowest BCUT2D eigenvalue weighted by atomic mass is 9.93. The van der Waals surface area contributed by atoms with Gasteiger partial charge in [0, 0.05) is 0 Å². The van der Waals surface area contributed by atoms with E-state index in [1.165, 1.54) is 16.8 Å². The van der Waals surface area contributed by atoms with Crippen molar-refractivity contribution in [2.24, 2.45) is 0 Å². The van der Waals surface area contributed by atoms with Gasteiger partial charge in [-0.3, -0.25) is 4.79 Å². The lowest BCUT2D eigenvalue weighted by Gasteiger charge is -2.21. The Morgan fingerprint density at radius 1 is 1.29 bits per heavy atom. The van der Waals surface area contributed by atoms with E-state index in [-0.39, 0.29) is 41.1 Å². The largest absolute Gasteiger partial charge is 0.398 e. The number of nitrogens with one attached hydrogen (secondary N) is 1. The van der Waals surface area contributed by atoms with E-state index < -0.39 is 18.2 Å². The van der Waals surface area contributed by atoms with E-state index in [9.17, 15) is 23.1 Å². The number of aromatic nitrogens is 4. The molecule has 1 aromatic carbocycles. The van der Waals surface area contributed by atoms with Gasteiger partial charge in [0.15, 0.2) is 5.65 Å². The van der Waals surface area contributed by atoms with Crippen molar-refractivity contribution in [3.8, 4) is 0 Å². The Kier molecular flexibility index (Phi) is 4.11. The molecular formula is C19H19F3N4O2. The van der Waals surface area contributed by atoms with Crippen LogP contribution in [0.5, 0.6) is 0 Å². The van der Waals surface area contributed by atoms with Crippen LogP contribution in [0.25, 0.3) is 11.0 Å². The molecule has 0 amide bonds. The lowest BCUT2D eigenvalue weighted by molar-refractivity contribution is -0.160. The molecule has 3 aromatic rings. The second-order valence-corrected chi connectivity index (χ2v) is 7.28. The molecule has 4 rings (SSSR count). The molecule has 1 saturated carbocycles. The minimum absolute atomic E-state index is 0.112. The number of benzene rings is 1. The average molecular weight is 392 g/mol. The van der Waals surface area contributed by atoms with Crippen molar-refractivity contribution in [2.45, 2.75) is 50.9 Å². The first-order chi connectivity index (χ1) is 13.2. The van der Waals surface area contributed by atoms with Crippen molar-refractivity contribution in [2.75, 3.05) is 0 Å². The van der Waals surface area contributed by atoms with Crippen molar-refractivity contribution in [1.82, 2.24) is 19.7 Å². The Balaban J connectivity index is 1.75. The lowest BCUT2D eigenvalue weighted by Crippen LogP contribution is -2.28. The highest BCUT2D eigenvalue weighted by molar-refractivity contribution is 5.77. The molecule has 2 aromatic heterocycles. The van der Waals surface area contributed by atoms with Gasteiger partial charge in [0.25, 0.3) is 5.56 Å². The third-order valence-corrected chi connectivity index (χ3v) is 5.51. The summed E-state index contributed by atoms with van der Waals surface area (Å²) < 4.78 is 41.5. The first-order valence-corrected chi connectivity index (χ1v) is 8.94. The standard InChI is InChI=1S/C19H19F3N4O2/c1-10(12-3-5-13(6-4-12)18(7-8-18)19(20,21)22)26-16-15(14(9-27)25-26)17(28)24-11(2)23-16/h3-6,10,27H,7-9H2,1-2H3,(H,23,24,28)/t10-/m1/s1. The van der Waals surface area contributed by atoms with Crippen LogP contribution in [0.4, 0.5) is 13.2 Å². The first-order valence-electron chi connectivity index (χ1n) is 8.94. The SMILES string of the molecule is Cc1nc2c(c(CO)nn2[C@H](C)c2ccc(C3(C(F)(F)F)CC3)cc2)c(=O)[nH]1. The Morgan fingerprint density at radius 3 is 2.46 bits per heavy atom. The molecule has 0 saturated heterocycles. The van der Waals surface area contributed by atoms with Crippen molar-refractivity contribution in [1.29, 1.82) is 0 Å². The number of aryl methyl sites for hydroxylation is 1. The van der Waals surface area contributed by atoms with Crippen molar-refractivity contribution in [3.05, 3.63) is 57.3 Å². The Labute approximate surface area is 158 Å². The van der Waals surface area contributed by atoms with Gasteiger partial charge in [0.05, 0.1) is 18.1 Å². The summed E-state index contributed by atoms with van der Waals surface area (Å²) in [7, 11) is 0. The van der Waals surface area contributed by atoms with Crippen LogP contribution >= 0.6 is 0 Å². The highest BCUT2D eigenvalue weighted by Crippen LogP contribution is 2.58. The highest BCUT2D eigenvalue weighted by Gasteiger charge is 2.64. The van der Waals surface area contributed by atoms with Crippen LogP contribution in [0.1, 0.15) is 48.5 Å². The van der Waals surface area contributed by atoms with Crippen molar-refractivity contribution in [3.63, 3.8) is 0 Å². The zero-order valence-electron chi connectivity index (χ0n) is 15.3. The van der Waals surface area contributed by atoms with Gasteiger partial charge in [0.2, 0.25) is 0 Å². The number of aromatic amines is 1. The maximum Gasteiger partial charge on any atom is 0.398 e. The summed E-state index contributed by atoms with van der Waals surface area (Å²) in [6.07, 6.45) is -4.03. The van der Waals surface area contributed by atoms with Gasteiger partial charge in [-0.25, -0.2) is 9.67 Å². The number of aliphatic hydroxyl groups is 1. The zero-order chi connectivity index (χ0) is 20.3. The summed E-state index contributed by atoms with van der Waals surface area (Å²) in [5.74, 6) is 0.409. The molecule has 9 heteroatoms. The molecule has 28 heavy (non-hydrogen) atoms. The number of rotatable bonds is 4. The molecule has 1 fully saturated rings. The molecule has 2 heterocycles. The highest BCUT2D eigenvalue weighted by atomic mass is 19.4. The predicted molar refractivity (Wildman–Crippen MR) is 96.0 cm³/mol. The monoisotopic (exact) mass is 392 g/mol. The van der Waals surface area contributed by atoms with Gasteiger partial charge in [-0.15, -0.1) is 0 Å². The molecule has 0 radical (unpaired) electrons. The molecule has 1 aliphatic rings. The summed E-state index contributed by atoms with van der Waals surface area (Å²) in [6.45, 7) is 3.04. The Bertz CT molecular complexity index is 1100.